The lowest BCUT2D eigenvalue weighted by Gasteiger charge is -2.02. The van der Waals surface area contributed by atoms with Crippen LogP contribution in [0.25, 0.3) is 0 Å². The predicted octanol–water partition coefficient (Wildman–Crippen LogP) is -0.332. The van der Waals surface area contributed by atoms with Crippen molar-refractivity contribution in [3.8, 4) is 17.7 Å². The van der Waals surface area contributed by atoms with Crippen LogP contribution in [0.1, 0.15) is 5.56 Å². The van der Waals surface area contributed by atoms with Gasteiger partial charge in [0.25, 0.3) is 5.56 Å². The molecule has 1 aromatic rings. The molecule has 0 saturated heterocycles. The Kier molecular flexibility index (Phi) is 1.75. The third kappa shape index (κ3) is 0.992. The van der Waals surface area contributed by atoms with Gasteiger partial charge in [-0.15, -0.1) is 0 Å². The van der Waals surface area contributed by atoms with Crippen molar-refractivity contribution in [3.05, 3.63) is 22.0 Å². The predicted molar refractivity (Wildman–Crippen MR) is 39.7 cm³/mol. The van der Waals surface area contributed by atoms with E-state index in [2.05, 4.69) is 0 Å². The number of hydrogen-bond donors (Lipinski definition) is 2. The van der Waals surface area contributed by atoms with E-state index >= 15 is 0 Å². The number of rotatable bonds is 0. The first kappa shape index (κ1) is 8.14. The van der Waals surface area contributed by atoms with Crippen LogP contribution in [-0.4, -0.2) is 14.8 Å². The largest absolute Gasteiger partial charge is 0.503 e. The van der Waals surface area contributed by atoms with Crippen LogP contribution >= 0.6 is 0 Å². The molecule has 0 aromatic carbocycles. The molecule has 0 aliphatic rings. The smallest absolute Gasteiger partial charge is 0.295 e. The number of hydrogen-bond acceptors (Lipinski definition) is 4. The highest BCUT2D eigenvalue weighted by atomic mass is 16.3. The van der Waals surface area contributed by atoms with E-state index in [0.717, 1.165) is 10.6 Å². The summed E-state index contributed by atoms with van der Waals surface area (Å²) in [7, 11) is 1.26. The molecule has 0 atom stereocenters. The summed E-state index contributed by atoms with van der Waals surface area (Å²) in [5.41, 5.74) is -0.860. The maximum Gasteiger partial charge on any atom is 0.295 e. The van der Waals surface area contributed by atoms with Gasteiger partial charge in [0.2, 0.25) is 5.88 Å². The summed E-state index contributed by atoms with van der Waals surface area (Å²) >= 11 is 0. The second-order valence-corrected chi connectivity index (χ2v) is 2.24. The Hall–Kier alpha value is -1.96. The van der Waals surface area contributed by atoms with E-state index < -0.39 is 17.2 Å². The molecular formula is C7H6N2O3. The topological polar surface area (TPSA) is 86.2 Å². The maximum atomic E-state index is 10.9. The lowest BCUT2D eigenvalue weighted by molar-refractivity contribution is 0.405. The van der Waals surface area contributed by atoms with Gasteiger partial charge in [-0.1, -0.05) is 0 Å². The fourth-order valence-electron chi connectivity index (χ4n) is 0.794. The van der Waals surface area contributed by atoms with Gasteiger partial charge in [0.15, 0.2) is 5.75 Å². The highest BCUT2D eigenvalue weighted by Gasteiger charge is 2.09. The van der Waals surface area contributed by atoms with Crippen molar-refractivity contribution in [2.24, 2.45) is 7.05 Å². The van der Waals surface area contributed by atoms with Crippen molar-refractivity contribution in [1.29, 1.82) is 5.26 Å². The molecule has 62 valence electrons. The summed E-state index contributed by atoms with van der Waals surface area (Å²) in [6.45, 7) is 0. The average Bonchev–Trinajstić information content (AvgIpc) is 2.08. The van der Waals surface area contributed by atoms with Crippen LogP contribution in [0, 0.1) is 11.3 Å². The normalized spacial score (nSPS) is 9.33. The average molecular weight is 166 g/mol. The van der Waals surface area contributed by atoms with Crippen LogP contribution in [0.15, 0.2) is 10.9 Å². The van der Waals surface area contributed by atoms with Crippen molar-refractivity contribution in [2.75, 3.05) is 0 Å². The first-order valence-corrected chi connectivity index (χ1v) is 3.10. The molecule has 5 heteroatoms. The van der Waals surface area contributed by atoms with Gasteiger partial charge in [0.1, 0.15) is 11.6 Å². The van der Waals surface area contributed by atoms with E-state index in [1.165, 1.54) is 7.05 Å². The van der Waals surface area contributed by atoms with Crippen molar-refractivity contribution >= 4 is 0 Å². The van der Waals surface area contributed by atoms with Crippen molar-refractivity contribution in [2.45, 2.75) is 0 Å². The van der Waals surface area contributed by atoms with Gasteiger partial charge in [0, 0.05) is 13.1 Å². The molecule has 0 saturated carbocycles. The van der Waals surface area contributed by atoms with Crippen LogP contribution in [0.3, 0.4) is 0 Å². The Morgan fingerprint density at radius 3 is 2.67 bits per heavy atom. The van der Waals surface area contributed by atoms with Gasteiger partial charge >= 0.3 is 0 Å². The second kappa shape index (κ2) is 2.58. The molecule has 0 unspecified atom stereocenters. The summed E-state index contributed by atoms with van der Waals surface area (Å²) in [5.74, 6) is -0.993. The molecule has 5 nitrogen and oxygen atoms in total. The first-order valence-electron chi connectivity index (χ1n) is 3.10. The van der Waals surface area contributed by atoms with Gasteiger partial charge in [0.05, 0.1) is 0 Å². The Morgan fingerprint density at radius 2 is 2.17 bits per heavy atom. The minimum Gasteiger partial charge on any atom is -0.503 e. The summed E-state index contributed by atoms with van der Waals surface area (Å²) < 4.78 is 0.799. The van der Waals surface area contributed by atoms with E-state index in [4.69, 9.17) is 15.5 Å². The van der Waals surface area contributed by atoms with E-state index in [-0.39, 0.29) is 5.56 Å². The van der Waals surface area contributed by atoms with Gasteiger partial charge in [-0.25, -0.2) is 0 Å². The Labute approximate surface area is 67.7 Å². The first-order chi connectivity index (χ1) is 5.57. The minimum absolute atomic E-state index is 0.130. The minimum atomic E-state index is -0.730. The molecule has 0 bridgehead atoms. The highest BCUT2D eigenvalue weighted by molar-refractivity contribution is 5.41. The van der Waals surface area contributed by atoms with Gasteiger partial charge in [-0.05, 0) is 0 Å². The van der Waals surface area contributed by atoms with Crippen molar-refractivity contribution in [3.63, 3.8) is 0 Å². The molecule has 0 spiro atoms. The number of nitrogens with zero attached hydrogens (tertiary/aromatic N) is 2. The van der Waals surface area contributed by atoms with Gasteiger partial charge in [-0.3, -0.25) is 9.36 Å². The highest BCUT2D eigenvalue weighted by Crippen LogP contribution is 2.15. The summed E-state index contributed by atoms with van der Waals surface area (Å²) in [6, 6.07) is 2.56. The number of aromatic hydroxyl groups is 2. The third-order valence-corrected chi connectivity index (χ3v) is 1.48. The van der Waals surface area contributed by atoms with E-state index in [9.17, 15) is 4.79 Å². The third-order valence-electron chi connectivity index (χ3n) is 1.48. The van der Waals surface area contributed by atoms with Crippen molar-refractivity contribution < 1.29 is 10.2 Å². The van der Waals surface area contributed by atoms with Crippen LogP contribution in [0.5, 0.6) is 11.6 Å². The van der Waals surface area contributed by atoms with Crippen LogP contribution in [-0.2, 0) is 7.05 Å². The summed E-state index contributed by atoms with van der Waals surface area (Å²) in [6.07, 6.45) is 0. The monoisotopic (exact) mass is 166 g/mol. The second-order valence-electron chi connectivity index (χ2n) is 2.24. The Morgan fingerprint density at radius 1 is 1.58 bits per heavy atom. The molecule has 0 fully saturated rings. The molecule has 0 aliphatic carbocycles. The molecule has 1 aromatic heterocycles. The standard InChI is InChI=1S/C7H6N2O3/c1-9-6(11)4(3-8)2-5(10)7(9)12/h2,10-11H,1H3. The Balaban J connectivity index is 3.64. The van der Waals surface area contributed by atoms with Crippen molar-refractivity contribution in [1.82, 2.24) is 4.57 Å². The number of aromatic nitrogens is 1. The molecule has 0 aliphatic heterocycles. The zero-order chi connectivity index (χ0) is 9.30. The van der Waals surface area contributed by atoms with Crippen LogP contribution in [0.4, 0.5) is 0 Å². The number of pyridine rings is 1. The maximum absolute atomic E-state index is 10.9. The number of nitriles is 1. The fraction of sp³-hybridized carbons (Fsp3) is 0.143. The molecule has 1 rings (SSSR count). The van der Waals surface area contributed by atoms with E-state index in [1.54, 1.807) is 6.07 Å². The lowest BCUT2D eigenvalue weighted by Crippen LogP contribution is -2.16. The zero-order valence-corrected chi connectivity index (χ0v) is 6.27. The lowest BCUT2D eigenvalue weighted by atomic mass is 10.3. The molecule has 12 heavy (non-hydrogen) atoms. The van der Waals surface area contributed by atoms with Gasteiger partial charge in [-0.2, -0.15) is 5.26 Å². The molecule has 1 heterocycles. The molecular weight excluding hydrogens is 160 g/mol. The van der Waals surface area contributed by atoms with E-state index in [0.29, 0.717) is 0 Å². The SMILES string of the molecule is Cn1c(O)c(C#N)cc(O)c1=O. The fourth-order valence-corrected chi connectivity index (χ4v) is 0.794. The molecule has 2 N–H and O–H groups in total. The summed E-state index contributed by atoms with van der Waals surface area (Å²) in [4.78, 5) is 10.9. The molecule has 0 radical (unpaired) electrons. The van der Waals surface area contributed by atoms with Gasteiger partial charge < -0.3 is 10.2 Å². The Bertz CT molecular complexity index is 414. The van der Waals surface area contributed by atoms with E-state index in [1.807, 2.05) is 0 Å². The molecule has 0 amide bonds. The summed E-state index contributed by atoms with van der Waals surface area (Å²) in [5, 5.41) is 26.5. The van der Waals surface area contributed by atoms with Crippen LogP contribution < -0.4 is 5.56 Å². The zero-order valence-electron chi connectivity index (χ0n) is 6.27. The quantitative estimate of drug-likeness (QED) is 0.552. The van der Waals surface area contributed by atoms with Crippen LogP contribution in [0.2, 0.25) is 0 Å².